The highest BCUT2D eigenvalue weighted by Gasteiger charge is 2.04. The van der Waals surface area contributed by atoms with Crippen LogP contribution in [-0.2, 0) is 6.54 Å². The normalized spacial score (nSPS) is 10.2. The van der Waals surface area contributed by atoms with Gasteiger partial charge in [-0.2, -0.15) is 0 Å². The molecule has 0 saturated carbocycles. The first kappa shape index (κ1) is 17.9. The van der Waals surface area contributed by atoms with Gasteiger partial charge in [0.05, 0.1) is 6.61 Å². The lowest BCUT2D eigenvalue weighted by Crippen LogP contribution is -2.17. The Kier molecular flexibility index (Phi) is 6.22. The van der Waals surface area contributed by atoms with Gasteiger partial charge in [-0.15, -0.1) is 0 Å². The van der Waals surface area contributed by atoms with Gasteiger partial charge in [0.2, 0.25) is 0 Å². The highest BCUT2D eigenvalue weighted by molar-refractivity contribution is 5.70. The van der Waals surface area contributed by atoms with E-state index in [0.29, 0.717) is 6.54 Å². The Bertz CT molecular complexity index is 902. The van der Waals surface area contributed by atoms with Crippen LogP contribution in [0.5, 0.6) is 0 Å². The zero-order valence-electron chi connectivity index (χ0n) is 15.0. The maximum atomic E-state index is 8.80. The monoisotopic (exact) mass is 341 g/mol. The average Bonchev–Trinajstić information content (AvgIpc) is 2.69. The van der Waals surface area contributed by atoms with Crippen molar-refractivity contribution in [3.8, 4) is 23.0 Å². The number of benzene rings is 3. The molecule has 0 aliphatic rings. The molecular formula is C24H23NO. The number of hydrogen-bond acceptors (Lipinski definition) is 2. The van der Waals surface area contributed by atoms with Crippen LogP contribution in [-0.4, -0.2) is 18.3 Å². The van der Waals surface area contributed by atoms with E-state index in [2.05, 4.69) is 78.7 Å². The SMILES string of the molecule is Cc1c(C#Cc2ccc(CNCCO)cc2)cccc1-c1ccccc1. The summed E-state index contributed by atoms with van der Waals surface area (Å²) < 4.78 is 0. The first-order valence-corrected chi connectivity index (χ1v) is 8.85. The summed E-state index contributed by atoms with van der Waals surface area (Å²) in [4.78, 5) is 0. The summed E-state index contributed by atoms with van der Waals surface area (Å²) >= 11 is 0. The van der Waals surface area contributed by atoms with E-state index in [-0.39, 0.29) is 6.61 Å². The van der Waals surface area contributed by atoms with Crippen molar-refractivity contribution in [2.24, 2.45) is 0 Å². The lowest BCUT2D eigenvalue weighted by Gasteiger charge is -2.07. The van der Waals surface area contributed by atoms with Crippen molar-refractivity contribution in [1.29, 1.82) is 0 Å². The summed E-state index contributed by atoms with van der Waals surface area (Å²) in [5.41, 5.74) is 6.89. The van der Waals surface area contributed by atoms with Gasteiger partial charge >= 0.3 is 0 Å². The fourth-order valence-electron chi connectivity index (χ4n) is 2.86. The molecule has 0 aliphatic heterocycles. The number of aliphatic hydroxyl groups excluding tert-OH is 1. The summed E-state index contributed by atoms with van der Waals surface area (Å²) in [6, 6.07) is 24.9. The van der Waals surface area contributed by atoms with Crippen molar-refractivity contribution < 1.29 is 5.11 Å². The number of aliphatic hydroxyl groups is 1. The highest BCUT2D eigenvalue weighted by atomic mass is 16.3. The van der Waals surface area contributed by atoms with Gasteiger partial charge in [-0.1, -0.05) is 66.4 Å². The van der Waals surface area contributed by atoms with E-state index in [9.17, 15) is 0 Å². The molecule has 0 aliphatic carbocycles. The molecule has 0 atom stereocenters. The topological polar surface area (TPSA) is 32.3 Å². The molecule has 0 amide bonds. The minimum Gasteiger partial charge on any atom is -0.395 e. The fraction of sp³-hybridized carbons (Fsp3) is 0.167. The van der Waals surface area contributed by atoms with Crippen molar-refractivity contribution in [3.05, 3.63) is 95.1 Å². The van der Waals surface area contributed by atoms with E-state index in [1.165, 1.54) is 22.3 Å². The summed E-state index contributed by atoms with van der Waals surface area (Å²) in [5, 5.41) is 12.0. The molecular weight excluding hydrogens is 318 g/mol. The Morgan fingerprint density at radius 3 is 2.35 bits per heavy atom. The van der Waals surface area contributed by atoms with E-state index >= 15 is 0 Å². The van der Waals surface area contributed by atoms with Crippen LogP contribution >= 0.6 is 0 Å². The van der Waals surface area contributed by atoms with Crippen molar-refractivity contribution in [2.75, 3.05) is 13.2 Å². The second-order valence-electron chi connectivity index (χ2n) is 6.19. The van der Waals surface area contributed by atoms with Crippen molar-refractivity contribution >= 4 is 0 Å². The van der Waals surface area contributed by atoms with Crippen LogP contribution in [0.4, 0.5) is 0 Å². The van der Waals surface area contributed by atoms with Crippen LogP contribution in [0.1, 0.15) is 22.3 Å². The van der Waals surface area contributed by atoms with Crippen LogP contribution in [0.15, 0.2) is 72.8 Å². The molecule has 3 rings (SSSR count). The zero-order valence-corrected chi connectivity index (χ0v) is 15.0. The van der Waals surface area contributed by atoms with Gasteiger partial charge in [-0.3, -0.25) is 0 Å². The van der Waals surface area contributed by atoms with Gasteiger partial charge < -0.3 is 10.4 Å². The zero-order chi connectivity index (χ0) is 18.2. The Balaban J connectivity index is 1.78. The number of hydrogen-bond donors (Lipinski definition) is 2. The Morgan fingerprint density at radius 2 is 1.62 bits per heavy atom. The third-order valence-electron chi connectivity index (χ3n) is 4.33. The quantitative estimate of drug-likeness (QED) is 0.540. The molecule has 3 aromatic rings. The molecule has 0 heterocycles. The minimum atomic E-state index is 0.158. The molecule has 0 saturated heterocycles. The van der Waals surface area contributed by atoms with Gasteiger partial charge in [0.1, 0.15) is 0 Å². The van der Waals surface area contributed by atoms with Crippen LogP contribution in [0.2, 0.25) is 0 Å². The maximum absolute atomic E-state index is 8.80. The molecule has 130 valence electrons. The number of rotatable bonds is 5. The van der Waals surface area contributed by atoms with Gasteiger partial charge in [0.15, 0.2) is 0 Å². The standard InChI is InChI=1S/C24H23NO/c1-19-22(8-5-9-24(19)23-6-3-2-4-7-23)15-14-20-10-12-21(13-11-20)18-25-16-17-26/h2-13,25-26H,16-18H2,1H3. The minimum absolute atomic E-state index is 0.158. The van der Waals surface area contributed by atoms with Crippen LogP contribution < -0.4 is 5.32 Å². The summed E-state index contributed by atoms with van der Waals surface area (Å²) in [6.07, 6.45) is 0. The first-order chi connectivity index (χ1) is 12.8. The van der Waals surface area contributed by atoms with E-state index in [4.69, 9.17) is 5.11 Å². The van der Waals surface area contributed by atoms with Crippen LogP contribution in [0.3, 0.4) is 0 Å². The van der Waals surface area contributed by atoms with Gasteiger partial charge in [-0.25, -0.2) is 0 Å². The van der Waals surface area contributed by atoms with Crippen LogP contribution in [0, 0.1) is 18.8 Å². The lowest BCUT2D eigenvalue weighted by molar-refractivity contribution is 0.292. The molecule has 0 fully saturated rings. The molecule has 0 bridgehead atoms. The molecule has 0 aromatic heterocycles. The molecule has 2 N–H and O–H groups in total. The molecule has 0 unspecified atom stereocenters. The van der Waals surface area contributed by atoms with Crippen molar-refractivity contribution in [2.45, 2.75) is 13.5 Å². The Labute approximate surface area is 155 Å². The highest BCUT2D eigenvalue weighted by Crippen LogP contribution is 2.25. The van der Waals surface area contributed by atoms with Crippen molar-refractivity contribution in [3.63, 3.8) is 0 Å². The summed E-state index contributed by atoms with van der Waals surface area (Å²) in [5.74, 6) is 6.58. The van der Waals surface area contributed by atoms with Crippen LogP contribution in [0.25, 0.3) is 11.1 Å². The van der Waals surface area contributed by atoms with Gasteiger partial charge in [0.25, 0.3) is 0 Å². The van der Waals surface area contributed by atoms with Gasteiger partial charge in [-0.05, 0) is 47.4 Å². The fourth-order valence-corrected chi connectivity index (χ4v) is 2.86. The number of nitrogens with one attached hydrogen (secondary N) is 1. The Morgan fingerprint density at radius 1 is 0.846 bits per heavy atom. The predicted octanol–water partition coefficient (Wildman–Crippen LogP) is 4.14. The first-order valence-electron chi connectivity index (χ1n) is 8.85. The molecule has 26 heavy (non-hydrogen) atoms. The Hall–Kier alpha value is -2.86. The molecule has 0 radical (unpaired) electrons. The molecule has 2 nitrogen and oxygen atoms in total. The van der Waals surface area contributed by atoms with Crippen molar-refractivity contribution in [1.82, 2.24) is 5.32 Å². The third kappa shape index (κ3) is 4.61. The molecule has 0 spiro atoms. The smallest absolute Gasteiger partial charge is 0.0556 e. The second-order valence-corrected chi connectivity index (χ2v) is 6.19. The maximum Gasteiger partial charge on any atom is 0.0556 e. The summed E-state index contributed by atoms with van der Waals surface area (Å²) in [7, 11) is 0. The second kappa shape index (κ2) is 9.01. The average molecular weight is 341 g/mol. The summed E-state index contributed by atoms with van der Waals surface area (Å²) in [6.45, 7) is 3.65. The van der Waals surface area contributed by atoms with E-state index < -0.39 is 0 Å². The van der Waals surface area contributed by atoms with E-state index in [1.54, 1.807) is 0 Å². The van der Waals surface area contributed by atoms with Gasteiger partial charge in [0, 0.05) is 24.2 Å². The van der Waals surface area contributed by atoms with E-state index in [0.717, 1.165) is 17.7 Å². The lowest BCUT2D eigenvalue weighted by atomic mass is 9.96. The molecule has 2 heteroatoms. The predicted molar refractivity (Wildman–Crippen MR) is 108 cm³/mol. The largest absolute Gasteiger partial charge is 0.395 e. The molecule has 3 aromatic carbocycles. The van der Waals surface area contributed by atoms with E-state index in [1.807, 2.05) is 18.2 Å². The third-order valence-corrected chi connectivity index (χ3v) is 4.33.